The second kappa shape index (κ2) is 9.73. The first-order chi connectivity index (χ1) is 14.7. The van der Waals surface area contributed by atoms with Gasteiger partial charge in [0.15, 0.2) is 0 Å². The third-order valence-electron chi connectivity index (χ3n) is 4.80. The van der Waals surface area contributed by atoms with Crippen LogP contribution in [0.15, 0.2) is 59.8 Å². The van der Waals surface area contributed by atoms with E-state index in [1.165, 1.54) is 11.8 Å². The molecule has 1 fully saturated rings. The first-order valence-electron chi connectivity index (χ1n) is 9.77. The SMILES string of the molecule is COc1cccc(NC(=O)[C@@H](Sc2nnnn2C[C@H]2CCCO2)c2ccccc2)c1. The van der Waals surface area contributed by atoms with Gasteiger partial charge in [-0.05, 0) is 41.0 Å². The van der Waals surface area contributed by atoms with E-state index in [9.17, 15) is 4.79 Å². The lowest BCUT2D eigenvalue weighted by Crippen LogP contribution is -2.21. The van der Waals surface area contributed by atoms with Gasteiger partial charge in [0.1, 0.15) is 11.0 Å². The summed E-state index contributed by atoms with van der Waals surface area (Å²) in [7, 11) is 1.59. The summed E-state index contributed by atoms with van der Waals surface area (Å²) < 4.78 is 12.7. The monoisotopic (exact) mass is 425 g/mol. The molecule has 1 aliphatic rings. The number of methoxy groups -OCH3 is 1. The highest BCUT2D eigenvalue weighted by Gasteiger charge is 2.26. The van der Waals surface area contributed by atoms with Crippen LogP contribution in [0.3, 0.4) is 0 Å². The van der Waals surface area contributed by atoms with Crippen molar-refractivity contribution >= 4 is 23.4 Å². The minimum absolute atomic E-state index is 0.105. The number of thioether (sulfide) groups is 1. The third kappa shape index (κ3) is 4.98. The maximum Gasteiger partial charge on any atom is 0.242 e. The Bertz CT molecular complexity index is 976. The molecule has 4 rings (SSSR count). The average molecular weight is 426 g/mol. The molecule has 30 heavy (non-hydrogen) atoms. The fourth-order valence-electron chi connectivity index (χ4n) is 3.29. The Morgan fingerprint density at radius 3 is 2.93 bits per heavy atom. The van der Waals surface area contributed by atoms with Gasteiger partial charge in [-0.15, -0.1) is 5.10 Å². The molecule has 1 aromatic heterocycles. The van der Waals surface area contributed by atoms with Crippen LogP contribution in [0.4, 0.5) is 5.69 Å². The summed E-state index contributed by atoms with van der Waals surface area (Å²) >= 11 is 1.32. The van der Waals surface area contributed by atoms with E-state index in [1.54, 1.807) is 17.9 Å². The minimum Gasteiger partial charge on any atom is -0.497 e. The highest BCUT2D eigenvalue weighted by Crippen LogP contribution is 2.35. The number of carbonyl (C=O) groups excluding carboxylic acids is 1. The van der Waals surface area contributed by atoms with Crippen LogP contribution < -0.4 is 10.1 Å². The number of hydrogen-bond donors (Lipinski definition) is 1. The maximum absolute atomic E-state index is 13.2. The van der Waals surface area contributed by atoms with E-state index in [4.69, 9.17) is 9.47 Å². The molecule has 0 aliphatic carbocycles. The van der Waals surface area contributed by atoms with Crippen molar-refractivity contribution < 1.29 is 14.3 Å². The number of benzene rings is 2. The molecule has 2 atom stereocenters. The fourth-order valence-corrected chi connectivity index (χ4v) is 4.28. The van der Waals surface area contributed by atoms with Crippen molar-refractivity contribution in [2.24, 2.45) is 0 Å². The second-order valence-electron chi connectivity index (χ2n) is 6.91. The summed E-state index contributed by atoms with van der Waals surface area (Å²) in [4.78, 5) is 13.2. The second-order valence-corrected chi connectivity index (χ2v) is 7.98. The minimum atomic E-state index is -0.522. The Morgan fingerprint density at radius 2 is 2.17 bits per heavy atom. The Labute approximate surface area is 179 Å². The number of carbonyl (C=O) groups is 1. The molecule has 2 heterocycles. The predicted octanol–water partition coefficient (Wildman–Crippen LogP) is 3.33. The summed E-state index contributed by atoms with van der Waals surface area (Å²) in [5, 5.41) is 15.1. The van der Waals surface area contributed by atoms with Crippen molar-refractivity contribution in [2.45, 2.75) is 35.9 Å². The van der Waals surface area contributed by atoms with Crippen molar-refractivity contribution in [3.63, 3.8) is 0 Å². The summed E-state index contributed by atoms with van der Waals surface area (Å²) in [5.41, 5.74) is 1.54. The van der Waals surface area contributed by atoms with Crippen LogP contribution in [0.1, 0.15) is 23.7 Å². The first kappa shape index (κ1) is 20.4. The lowest BCUT2D eigenvalue weighted by atomic mass is 10.1. The molecule has 9 heteroatoms. The molecule has 0 spiro atoms. The largest absolute Gasteiger partial charge is 0.497 e. The molecule has 1 N–H and O–H groups in total. The summed E-state index contributed by atoms with van der Waals surface area (Å²) in [5.74, 6) is 0.517. The zero-order valence-corrected chi connectivity index (χ0v) is 17.4. The van der Waals surface area contributed by atoms with Crippen LogP contribution in [-0.4, -0.2) is 45.9 Å². The Balaban J connectivity index is 1.55. The highest BCUT2D eigenvalue weighted by atomic mass is 32.2. The van der Waals surface area contributed by atoms with Crippen LogP contribution in [0.5, 0.6) is 5.75 Å². The summed E-state index contributed by atoms with van der Waals surface area (Å²) in [6, 6.07) is 16.9. The van der Waals surface area contributed by atoms with E-state index in [0.29, 0.717) is 23.1 Å². The molecule has 0 saturated carbocycles. The third-order valence-corrected chi connectivity index (χ3v) is 6.03. The number of anilines is 1. The van der Waals surface area contributed by atoms with E-state index in [1.807, 2.05) is 48.5 Å². The molecule has 1 saturated heterocycles. The Morgan fingerprint density at radius 1 is 1.30 bits per heavy atom. The molecule has 0 bridgehead atoms. The smallest absolute Gasteiger partial charge is 0.242 e. The number of nitrogens with zero attached hydrogens (tertiary/aromatic N) is 4. The van der Waals surface area contributed by atoms with Gasteiger partial charge < -0.3 is 14.8 Å². The normalized spacial score (nSPS) is 16.9. The number of aromatic nitrogens is 4. The van der Waals surface area contributed by atoms with Gasteiger partial charge in [-0.1, -0.05) is 48.2 Å². The Hall–Kier alpha value is -2.91. The van der Waals surface area contributed by atoms with E-state index in [0.717, 1.165) is 25.0 Å². The number of tetrazole rings is 1. The number of amides is 1. The molecule has 156 valence electrons. The zero-order valence-electron chi connectivity index (χ0n) is 16.6. The van der Waals surface area contributed by atoms with Gasteiger partial charge in [0.05, 0.1) is 19.8 Å². The molecular formula is C21H23N5O3S. The molecule has 0 unspecified atom stereocenters. The predicted molar refractivity (Wildman–Crippen MR) is 113 cm³/mol. The van der Waals surface area contributed by atoms with Gasteiger partial charge in [0, 0.05) is 18.4 Å². The molecular weight excluding hydrogens is 402 g/mol. The van der Waals surface area contributed by atoms with Gasteiger partial charge in [0.2, 0.25) is 11.1 Å². The lowest BCUT2D eigenvalue weighted by Gasteiger charge is -2.17. The quantitative estimate of drug-likeness (QED) is 0.554. The van der Waals surface area contributed by atoms with Gasteiger partial charge in [-0.3, -0.25) is 4.79 Å². The van der Waals surface area contributed by atoms with Crippen LogP contribution in [0.25, 0.3) is 0 Å². The number of ether oxygens (including phenoxy) is 2. The van der Waals surface area contributed by atoms with Crippen molar-refractivity contribution in [3.8, 4) is 5.75 Å². The van der Waals surface area contributed by atoms with Crippen molar-refractivity contribution in [2.75, 3.05) is 19.0 Å². The van der Waals surface area contributed by atoms with E-state index >= 15 is 0 Å². The van der Waals surface area contributed by atoms with Gasteiger partial charge >= 0.3 is 0 Å². The van der Waals surface area contributed by atoms with Crippen molar-refractivity contribution in [1.29, 1.82) is 0 Å². The molecule has 3 aromatic rings. The number of hydrogen-bond acceptors (Lipinski definition) is 7. The molecule has 0 radical (unpaired) electrons. The van der Waals surface area contributed by atoms with Crippen LogP contribution in [0.2, 0.25) is 0 Å². The van der Waals surface area contributed by atoms with Crippen LogP contribution in [-0.2, 0) is 16.1 Å². The van der Waals surface area contributed by atoms with Gasteiger partial charge in [0.25, 0.3) is 0 Å². The lowest BCUT2D eigenvalue weighted by molar-refractivity contribution is -0.115. The number of nitrogens with one attached hydrogen (secondary N) is 1. The summed E-state index contributed by atoms with van der Waals surface area (Å²) in [6.07, 6.45) is 2.14. The fraction of sp³-hybridized carbons (Fsp3) is 0.333. The number of rotatable bonds is 8. The highest BCUT2D eigenvalue weighted by molar-refractivity contribution is 8.00. The van der Waals surface area contributed by atoms with Gasteiger partial charge in [-0.25, -0.2) is 4.68 Å². The molecule has 2 aromatic carbocycles. The van der Waals surface area contributed by atoms with E-state index in [2.05, 4.69) is 20.8 Å². The van der Waals surface area contributed by atoms with Crippen molar-refractivity contribution in [1.82, 2.24) is 20.2 Å². The summed E-state index contributed by atoms with van der Waals surface area (Å²) in [6.45, 7) is 1.35. The van der Waals surface area contributed by atoms with Crippen LogP contribution in [0, 0.1) is 0 Å². The van der Waals surface area contributed by atoms with Gasteiger partial charge in [-0.2, -0.15) is 0 Å². The average Bonchev–Trinajstić information content (AvgIpc) is 3.45. The molecule has 1 amide bonds. The topological polar surface area (TPSA) is 91.2 Å². The zero-order chi connectivity index (χ0) is 20.8. The Kier molecular flexibility index (Phi) is 6.60. The standard InChI is InChI=1S/C21H23N5O3S/c1-28-17-10-5-9-16(13-17)22-20(27)19(15-7-3-2-4-8-15)30-21-23-24-25-26(21)14-18-11-6-12-29-18/h2-5,7-10,13,18-19H,6,11-12,14H2,1H3,(H,22,27)/t18-,19+/m1/s1. The van der Waals surface area contributed by atoms with E-state index in [-0.39, 0.29) is 12.0 Å². The van der Waals surface area contributed by atoms with E-state index < -0.39 is 5.25 Å². The molecule has 1 aliphatic heterocycles. The first-order valence-corrected chi connectivity index (χ1v) is 10.6. The maximum atomic E-state index is 13.2. The molecule has 8 nitrogen and oxygen atoms in total. The van der Waals surface area contributed by atoms with Crippen LogP contribution >= 0.6 is 11.8 Å². The van der Waals surface area contributed by atoms with Crippen molar-refractivity contribution in [3.05, 3.63) is 60.2 Å².